The lowest BCUT2D eigenvalue weighted by atomic mass is 10.1. The van der Waals surface area contributed by atoms with Gasteiger partial charge in [0.05, 0.1) is 0 Å². The van der Waals surface area contributed by atoms with Gasteiger partial charge in [0.15, 0.2) is 0 Å². The van der Waals surface area contributed by atoms with Crippen LogP contribution in [-0.2, 0) is 13.3 Å². The Kier molecular flexibility index (Phi) is 36.1. The van der Waals surface area contributed by atoms with E-state index in [2.05, 4.69) is 25.7 Å². The number of hydrogen-bond acceptors (Lipinski definition) is 5. The zero-order chi connectivity index (χ0) is 29.3. The third-order valence-electron chi connectivity index (χ3n) is 7.26. The molecule has 0 aromatic heterocycles. The number of rotatable bonds is 30. The Morgan fingerprint density at radius 3 is 1.03 bits per heavy atom. The molecule has 0 bridgehead atoms. The Labute approximate surface area is 248 Å². The molecule has 0 heterocycles. The second-order valence-corrected chi connectivity index (χ2v) is 13.8. The zero-order valence-electron chi connectivity index (χ0n) is 27.8. The van der Waals surface area contributed by atoms with Crippen LogP contribution in [0.3, 0.4) is 0 Å². The largest absolute Gasteiger partial charge is 0.500 e. The fraction of sp³-hybridized carbons (Fsp3) is 1.00. The summed E-state index contributed by atoms with van der Waals surface area (Å²) in [6.07, 6.45) is 26.6. The van der Waals surface area contributed by atoms with Crippen molar-refractivity contribution < 1.29 is 13.3 Å². The highest BCUT2D eigenvalue weighted by Crippen LogP contribution is 2.17. The summed E-state index contributed by atoms with van der Waals surface area (Å²) in [5.41, 5.74) is 5.48. The molecule has 39 heavy (non-hydrogen) atoms. The van der Waals surface area contributed by atoms with E-state index in [0.717, 1.165) is 12.5 Å². The molecule has 0 aliphatic carbocycles. The van der Waals surface area contributed by atoms with E-state index in [1.165, 1.54) is 135 Å². The molecule has 0 aromatic carbocycles. The van der Waals surface area contributed by atoms with Crippen LogP contribution >= 0.6 is 0 Å². The van der Waals surface area contributed by atoms with Crippen LogP contribution < -0.4 is 5.73 Å². The van der Waals surface area contributed by atoms with Gasteiger partial charge in [-0.3, -0.25) is 0 Å². The Hall–Kier alpha value is 0.0169. The standard InChI is InChI=1S/C24H51N.C9H23NO3Si/c1-4-7-10-13-16-19-22-25(23-20-17-14-11-8-5-2)24-21-18-15-12-9-6-3;1-4-11-14(12-5-2,13-6-3)9-7-8-10/h4-24H2,1-3H3;4-10H2,1-3H3. The summed E-state index contributed by atoms with van der Waals surface area (Å²) in [6.45, 7) is 19.4. The van der Waals surface area contributed by atoms with E-state index in [-0.39, 0.29) is 0 Å². The van der Waals surface area contributed by atoms with Gasteiger partial charge in [0, 0.05) is 25.9 Å². The molecule has 0 saturated heterocycles. The Bertz CT molecular complexity index is 388. The lowest BCUT2D eigenvalue weighted by molar-refractivity contribution is 0.0710. The lowest BCUT2D eigenvalue weighted by Gasteiger charge is -2.28. The molecule has 0 rings (SSSR count). The highest BCUT2D eigenvalue weighted by molar-refractivity contribution is 6.60. The van der Waals surface area contributed by atoms with Gasteiger partial charge in [-0.25, -0.2) is 0 Å². The Morgan fingerprint density at radius 2 is 0.744 bits per heavy atom. The molecule has 5 nitrogen and oxygen atoms in total. The summed E-state index contributed by atoms with van der Waals surface area (Å²) in [4.78, 5) is 2.79. The van der Waals surface area contributed by atoms with Gasteiger partial charge in [0.1, 0.15) is 0 Å². The van der Waals surface area contributed by atoms with Crippen LogP contribution in [0.4, 0.5) is 0 Å². The van der Waals surface area contributed by atoms with Crippen molar-refractivity contribution in [1.82, 2.24) is 4.90 Å². The molecular weight excluding hydrogens is 500 g/mol. The van der Waals surface area contributed by atoms with Gasteiger partial charge in [-0.2, -0.15) is 0 Å². The van der Waals surface area contributed by atoms with Crippen LogP contribution in [0.1, 0.15) is 164 Å². The second-order valence-electron chi connectivity index (χ2n) is 11.0. The normalized spacial score (nSPS) is 11.7. The molecule has 0 atom stereocenters. The van der Waals surface area contributed by atoms with E-state index in [9.17, 15) is 0 Å². The van der Waals surface area contributed by atoms with Crippen molar-refractivity contribution in [2.75, 3.05) is 46.0 Å². The maximum atomic E-state index is 5.65. The molecular formula is C33H74N2O3Si. The van der Waals surface area contributed by atoms with Crippen molar-refractivity contribution in [2.24, 2.45) is 5.73 Å². The summed E-state index contributed by atoms with van der Waals surface area (Å²) in [5, 5.41) is 0. The molecule has 2 N–H and O–H groups in total. The minimum Gasteiger partial charge on any atom is -0.374 e. The van der Waals surface area contributed by atoms with E-state index in [1.54, 1.807) is 0 Å². The summed E-state index contributed by atoms with van der Waals surface area (Å²) >= 11 is 0. The van der Waals surface area contributed by atoms with Gasteiger partial charge in [-0.1, -0.05) is 117 Å². The number of nitrogens with zero attached hydrogens (tertiary/aromatic N) is 1. The third kappa shape index (κ3) is 29.3. The van der Waals surface area contributed by atoms with E-state index >= 15 is 0 Å². The van der Waals surface area contributed by atoms with Crippen LogP contribution in [-0.4, -0.2) is 59.7 Å². The number of nitrogens with two attached hydrogens (primary N) is 1. The molecule has 0 radical (unpaired) electrons. The molecule has 0 unspecified atom stereocenters. The third-order valence-corrected chi connectivity index (χ3v) is 10.4. The van der Waals surface area contributed by atoms with Crippen LogP contribution in [0.5, 0.6) is 0 Å². The maximum absolute atomic E-state index is 5.65. The van der Waals surface area contributed by atoms with Gasteiger partial charge in [-0.05, 0) is 72.6 Å². The predicted molar refractivity (Wildman–Crippen MR) is 176 cm³/mol. The SMILES string of the molecule is CCCCCCCCN(CCCCCCCC)CCCCCCCC.CCO[Si](CCCN)(OCC)OCC. The van der Waals surface area contributed by atoms with Gasteiger partial charge >= 0.3 is 8.80 Å². The fourth-order valence-electron chi connectivity index (χ4n) is 5.00. The smallest absolute Gasteiger partial charge is 0.374 e. The molecule has 0 aliphatic heterocycles. The monoisotopic (exact) mass is 575 g/mol. The van der Waals surface area contributed by atoms with Gasteiger partial charge in [0.25, 0.3) is 0 Å². The molecule has 0 spiro atoms. The van der Waals surface area contributed by atoms with Crippen molar-refractivity contribution in [3.05, 3.63) is 0 Å². The van der Waals surface area contributed by atoms with Crippen molar-refractivity contribution in [3.8, 4) is 0 Å². The van der Waals surface area contributed by atoms with Crippen LogP contribution in [0, 0.1) is 0 Å². The maximum Gasteiger partial charge on any atom is 0.500 e. The first kappa shape index (κ1) is 41.2. The van der Waals surface area contributed by atoms with E-state index < -0.39 is 8.80 Å². The zero-order valence-corrected chi connectivity index (χ0v) is 28.8. The van der Waals surface area contributed by atoms with Crippen LogP contribution in [0.2, 0.25) is 6.04 Å². The molecule has 0 fully saturated rings. The molecule has 0 aromatic rings. The summed E-state index contributed by atoms with van der Waals surface area (Å²) < 4.78 is 17.0. The van der Waals surface area contributed by atoms with E-state index in [0.29, 0.717) is 26.4 Å². The topological polar surface area (TPSA) is 57.0 Å². The quantitative estimate of drug-likeness (QED) is 0.0683. The Balaban J connectivity index is 0. The van der Waals surface area contributed by atoms with Crippen LogP contribution in [0.15, 0.2) is 0 Å². The number of unbranched alkanes of at least 4 members (excludes halogenated alkanes) is 15. The van der Waals surface area contributed by atoms with E-state index in [4.69, 9.17) is 19.0 Å². The van der Waals surface area contributed by atoms with Crippen molar-refractivity contribution in [2.45, 2.75) is 170 Å². The molecule has 0 aliphatic rings. The minimum atomic E-state index is -2.40. The summed E-state index contributed by atoms with van der Waals surface area (Å²) in [6, 6.07) is 0.818. The van der Waals surface area contributed by atoms with Gasteiger partial charge in [0.2, 0.25) is 0 Å². The minimum absolute atomic E-state index is 0.636. The first-order valence-corrected chi connectivity index (χ1v) is 19.4. The van der Waals surface area contributed by atoms with Gasteiger partial charge in [-0.15, -0.1) is 0 Å². The second kappa shape index (κ2) is 34.2. The molecule has 0 saturated carbocycles. The molecule has 238 valence electrons. The van der Waals surface area contributed by atoms with Crippen LogP contribution in [0.25, 0.3) is 0 Å². The average molecular weight is 575 g/mol. The Morgan fingerprint density at radius 1 is 0.436 bits per heavy atom. The highest BCUT2D eigenvalue weighted by Gasteiger charge is 2.39. The number of hydrogen-bond donors (Lipinski definition) is 1. The summed E-state index contributed by atoms with van der Waals surface area (Å²) in [5.74, 6) is 0. The first-order chi connectivity index (χ1) is 19.1. The van der Waals surface area contributed by atoms with Crippen molar-refractivity contribution >= 4 is 8.80 Å². The fourth-order valence-corrected chi connectivity index (χ4v) is 7.64. The van der Waals surface area contributed by atoms with Gasteiger partial charge < -0.3 is 23.9 Å². The first-order valence-electron chi connectivity index (χ1n) is 17.4. The molecule has 0 amide bonds. The summed E-state index contributed by atoms with van der Waals surface area (Å²) in [7, 11) is -2.40. The molecule has 6 heteroatoms. The van der Waals surface area contributed by atoms with Crippen molar-refractivity contribution in [3.63, 3.8) is 0 Å². The average Bonchev–Trinajstić information content (AvgIpc) is 2.93. The highest BCUT2D eigenvalue weighted by atomic mass is 28.4. The van der Waals surface area contributed by atoms with Crippen molar-refractivity contribution in [1.29, 1.82) is 0 Å². The van der Waals surface area contributed by atoms with E-state index in [1.807, 2.05) is 20.8 Å². The predicted octanol–water partition coefficient (Wildman–Crippen LogP) is 9.75. The lowest BCUT2D eigenvalue weighted by Crippen LogP contribution is -2.46.